The van der Waals surface area contributed by atoms with E-state index in [1.54, 1.807) is 34.9 Å². The summed E-state index contributed by atoms with van der Waals surface area (Å²) in [5.74, 6) is 0. The van der Waals surface area contributed by atoms with Crippen molar-refractivity contribution in [3.63, 3.8) is 0 Å². The third kappa shape index (κ3) is 5.76. The third-order valence-corrected chi connectivity index (χ3v) is 8.63. The molecule has 7 nitrogen and oxygen atoms in total. The molecule has 1 atom stereocenters. The second-order valence-corrected chi connectivity index (χ2v) is 11.5. The van der Waals surface area contributed by atoms with E-state index in [-0.39, 0.29) is 29.9 Å². The normalized spacial score (nSPS) is 15.0. The maximum absolute atomic E-state index is 14.1. The number of H-pyrrole nitrogens is 1. The molecule has 3 aromatic carbocycles. The Morgan fingerprint density at radius 2 is 1.82 bits per heavy atom. The molecule has 0 aliphatic carbocycles. The molecule has 38 heavy (non-hydrogen) atoms. The number of rotatable bonds is 7. The first-order chi connectivity index (χ1) is 17.8. The molecule has 0 bridgehead atoms. The number of imidazole rings is 1. The van der Waals surface area contributed by atoms with E-state index < -0.39 is 10.0 Å². The predicted octanol–water partition coefficient (Wildman–Crippen LogP) is 5.14. The average Bonchev–Trinajstić information content (AvgIpc) is 3.40. The van der Waals surface area contributed by atoms with E-state index in [0.717, 1.165) is 33.6 Å². The van der Waals surface area contributed by atoms with Gasteiger partial charge in [-0.1, -0.05) is 47.5 Å². The zero-order valence-electron chi connectivity index (χ0n) is 21.3. The fourth-order valence-corrected chi connectivity index (χ4v) is 6.82. The van der Waals surface area contributed by atoms with Crippen LogP contribution in [-0.4, -0.2) is 35.3 Å². The molecule has 0 saturated heterocycles. The van der Waals surface area contributed by atoms with Gasteiger partial charge in [0.15, 0.2) is 0 Å². The summed E-state index contributed by atoms with van der Waals surface area (Å²) in [6.07, 6.45) is 4.00. The Kier molecular flexibility index (Phi) is 8.22. The van der Waals surface area contributed by atoms with E-state index in [1.807, 2.05) is 56.4 Å². The summed E-state index contributed by atoms with van der Waals surface area (Å²) in [7, 11) is -3.81. The van der Waals surface area contributed by atoms with Crippen LogP contribution in [0.2, 0.25) is 0 Å². The SMILES string of the molecule is Cc1cc(C)cc(CN(C2Cc3cc(C#N)ccc3N(Cc3c[nH]cn3)C2)S(=O)(=O)c2ccccc2)c1.Cl. The van der Waals surface area contributed by atoms with Gasteiger partial charge >= 0.3 is 0 Å². The number of halogens is 1. The monoisotopic (exact) mass is 547 g/mol. The molecule has 1 aliphatic heterocycles. The third-order valence-electron chi connectivity index (χ3n) is 6.72. The number of sulfonamides is 1. The van der Waals surface area contributed by atoms with Gasteiger partial charge in [0, 0.05) is 31.0 Å². The Morgan fingerprint density at radius 3 is 2.47 bits per heavy atom. The van der Waals surface area contributed by atoms with Gasteiger partial charge < -0.3 is 9.88 Å². The van der Waals surface area contributed by atoms with Gasteiger partial charge in [0.1, 0.15) is 0 Å². The molecule has 0 fully saturated rings. The smallest absolute Gasteiger partial charge is 0.243 e. The summed E-state index contributed by atoms with van der Waals surface area (Å²) < 4.78 is 29.8. The minimum atomic E-state index is -3.81. The largest absolute Gasteiger partial charge is 0.364 e. The van der Waals surface area contributed by atoms with Crippen LogP contribution in [0.1, 0.15) is 33.5 Å². The predicted molar refractivity (Wildman–Crippen MR) is 151 cm³/mol. The topological polar surface area (TPSA) is 93.1 Å². The number of benzene rings is 3. The van der Waals surface area contributed by atoms with Gasteiger partial charge in [-0.15, -0.1) is 12.4 Å². The van der Waals surface area contributed by atoms with E-state index in [0.29, 0.717) is 25.1 Å². The summed E-state index contributed by atoms with van der Waals surface area (Å²) in [5, 5.41) is 9.53. The van der Waals surface area contributed by atoms with Crippen LogP contribution >= 0.6 is 12.4 Å². The number of fused-ring (bicyclic) bond motifs is 1. The first-order valence-corrected chi connectivity index (χ1v) is 13.7. The fraction of sp³-hybridized carbons (Fsp3) is 0.241. The molecule has 4 aromatic rings. The second-order valence-electron chi connectivity index (χ2n) is 9.61. The van der Waals surface area contributed by atoms with E-state index in [9.17, 15) is 13.7 Å². The minimum Gasteiger partial charge on any atom is -0.364 e. The lowest BCUT2D eigenvalue weighted by Gasteiger charge is -2.40. The van der Waals surface area contributed by atoms with E-state index >= 15 is 0 Å². The van der Waals surface area contributed by atoms with Crippen molar-refractivity contribution in [2.75, 3.05) is 11.4 Å². The van der Waals surface area contributed by atoms with Crippen LogP contribution in [0.15, 0.2) is 84.1 Å². The summed E-state index contributed by atoms with van der Waals surface area (Å²) in [6.45, 7) is 5.34. The lowest BCUT2D eigenvalue weighted by molar-refractivity contribution is 0.302. The highest BCUT2D eigenvalue weighted by Crippen LogP contribution is 2.34. The van der Waals surface area contributed by atoms with Crippen molar-refractivity contribution in [1.82, 2.24) is 14.3 Å². The van der Waals surface area contributed by atoms with Crippen molar-refractivity contribution < 1.29 is 8.42 Å². The summed E-state index contributed by atoms with van der Waals surface area (Å²) >= 11 is 0. The number of hydrogen-bond donors (Lipinski definition) is 1. The van der Waals surface area contributed by atoms with Gasteiger partial charge in [-0.25, -0.2) is 13.4 Å². The summed E-state index contributed by atoms with van der Waals surface area (Å²) in [5.41, 5.74) is 6.53. The molecule has 1 aromatic heterocycles. The Hall–Kier alpha value is -3.64. The van der Waals surface area contributed by atoms with Crippen molar-refractivity contribution in [2.45, 2.75) is 44.3 Å². The van der Waals surface area contributed by atoms with E-state index in [1.165, 1.54) is 0 Å². The maximum atomic E-state index is 14.1. The van der Waals surface area contributed by atoms with Crippen LogP contribution < -0.4 is 4.90 Å². The highest BCUT2D eigenvalue weighted by atomic mass is 35.5. The molecule has 5 rings (SSSR count). The molecule has 1 aliphatic rings. The van der Waals surface area contributed by atoms with Gasteiger partial charge in [-0.2, -0.15) is 9.57 Å². The van der Waals surface area contributed by atoms with E-state index in [4.69, 9.17) is 0 Å². The Balaban J connectivity index is 0.00000336. The molecule has 0 saturated carbocycles. The average molecular weight is 548 g/mol. The van der Waals surface area contributed by atoms with E-state index in [2.05, 4.69) is 27.0 Å². The molecule has 0 spiro atoms. The minimum absolute atomic E-state index is 0. The van der Waals surface area contributed by atoms with Crippen LogP contribution in [0.4, 0.5) is 5.69 Å². The van der Waals surface area contributed by atoms with Gasteiger partial charge in [0.25, 0.3) is 0 Å². The van der Waals surface area contributed by atoms with Crippen molar-refractivity contribution in [3.05, 3.63) is 113 Å². The number of aryl methyl sites for hydroxylation is 2. The zero-order valence-corrected chi connectivity index (χ0v) is 23.0. The molecular formula is C29H30ClN5O2S. The number of hydrogen-bond acceptors (Lipinski definition) is 5. The van der Waals surface area contributed by atoms with Gasteiger partial charge in [-0.05, 0) is 61.7 Å². The van der Waals surface area contributed by atoms with Crippen LogP contribution in [0.5, 0.6) is 0 Å². The second kappa shape index (κ2) is 11.4. The Labute approximate surface area is 230 Å². The number of aromatic amines is 1. The molecule has 0 radical (unpaired) electrons. The first kappa shape index (κ1) is 27.4. The van der Waals surface area contributed by atoms with Crippen molar-refractivity contribution in [3.8, 4) is 6.07 Å². The van der Waals surface area contributed by atoms with Crippen LogP contribution in [0.25, 0.3) is 0 Å². The summed E-state index contributed by atoms with van der Waals surface area (Å²) in [4.78, 5) is 9.82. The highest BCUT2D eigenvalue weighted by Gasteiger charge is 2.36. The molecule has 2 heterocycles. The molecular weight excluding hydrogens is 518 g/mol. The number of nitrogens with zero attached hydrogens (tertiary/aromatic N) is 4. The van der Waals surface area contributed by atoms with Crippen molar-refractivity contribution in [1.29, 1.82) is 5.26 Å². The van der Waals surface area contributed by atoms with Crippen LogP contribution in [0, 0.1) is 25.2 Å². The maximum Gasteiger partial charge on any atom is 0.243 e. The van der Waals surface area contributed by atoms with Crippen molar-refractivity contribution in [2.24, 2.45) is 0 Å². The van der Waals surface area contributed by atoms with Gasteiger partial charge in [-0.3, -0.25) is 0 Å². The van der Waals surface area contributed by atoms with Crippen molar-refractivity contribution >= 4 is 28.1 Å². The number of aromatic nitrogens is 2. The fourth-order valence-electron chi connectivity index (χ4n) is 5.19. The molecule has 196 valence electrons. The molecule has 1 N–H and O–H groups in total. The van der Waals surface area contributed by atoms with Gasteiger partial charge in [0.05, 0.1) is 35.1 Å². The van der Waals surface area contributed by atoms with Crippen LogP contribution in [-0.2, 0) is 29.5 Å². The Bertz CT molecular complexity index is 1530. The quantitative estimate of drug-likeness (QED) is 0.346. The Morgan fingerprint density at radius 1 is 1.08 bits per heavy atom. The highest BCUT2D eigenvalue weighted by molar-refractivity contribution is 7.89. The zero-order chi connectivity index (χ0) is 26.0. The summed E-state index contributed by atoms with van der Waals surface area (Å²) in [6, 6.07) is 22.3. The number of nitriles is 1. The van der Waals surface area contributed by atoms with Gasteiger partial charge in [0.2, 0.25) is 10.0 Å². The lowest BCUT2D eigenvalue weighted by Crippen LogP contribution is -2.50. The lowest BCUT2D eigenvalue weighted by atomic mass is 9.95. The number of nitrogens with one attached hydrogen (secondary N) is 1. The number of anilines is 1. The first-order valence-electron chi connectivity index (χ1n) is 12.2. The molecule has 9 heteroatoms. The standard InChI is InChI=1S/C29H29N5O2S.ClH/c1-21-10-22(2)12-24(11-21)17-34(37(35,36)28-6-4-3-5-7-28)27-14-25-13-23(15-30)8-9-29(25)33(19-27)18-26-16-31-20-32-26;/h3-13,16,20,27H,14,17-19H2,1-2H3,(H,31,32);1H. The molecule has 1 unspecified atom stereocenters. The molecule has 0 amide bonds. The van der Waals surface area contributed by atoms with Crippen LogP contribution in [0.3, 0.4) is 0 Å².